The standard InChI is InChI=1S/C20H14.Al.Li.4H/c1-3-11-17-15(7-1)9-5-13-19(17)20-14-6-10-16-8-2-4-12-18(16)20;;;;;;/h1-14H;;;;;;/q;+3;;;3*-1. The molecule has 0 aliphatic heterocycles. The number of benzene rings is 4. The van der Waals surface area contributed by atoms with Crippen molar-refractivity contribution in [2.45, 2.75) is 0 Å². The maximum atomic E-state index is 2.21. The third-order valence-corrected chi connectivity index (χ3v) is 3.87. The third-order valence-electron chi connectivity index (χ3n) is 3.87. The molecule has 0 N–H and O–H groups in total. The normalized spacial score (nSPS) is 10.0. The molecular formula is C20H18AlLi. The zero-order valence-electron chi connectivity index (χ0n) is 14.7. The van der Waals surface area contributed by atoms with Crippen molar-refractivity contribution in [3.05, 3.63) is 84.9 Å². The van der Waals surface area contributed by atoms with Crippen LogP contribution in [-0.4, -0.2) is 36.2 Å². The molecular weight excluding hydrogens is 274 g/mol. The maximum absolute atomic E-state index is 2.21. The van der Waals surface area contributed by atoms with Gasteiger partial charge < -0.3 is 4.28 Å². The van der Waals surface area contributed by atoms with Gasteiger partial charge in [-0.15, -0.1) is 0 Å². The second-order valence-corrected chi connectivity index (χ2v) is 5.05. The van der Waals surface area contributed by atoms with E-state index in [-0.39, 0.29) is 40.5 Å². The van der Waals surface area contributed by atoms with Crippen LogP contribution in [0.3, 0.4) is 0 Å². The smallest absolute Gasteiger partial charge is 0.00992 e. The molecule has 22 heavy (non-hydrogen) atoms. The van der Waals surface area contributed by atoms with E-state index >= 15 is 0 Å². The summed E-state index contributed by atoms with van der Waals surface area (Å²) >= 11 is 0. The van der Waals surface area contributed by atoms with Gasteiger partial charge in [-0.2, -0.15) is 0 Å². The molecule has 0 unspecified atom stereocenters. The molecule has 0 bridgehead atoms. The van der Waals surface area contributed by atoms with E-state index in [4.69, 9.17) is 0 Å². The molecule has 0 spiro atoms. The van der Waals surface area contributed by atoms with Gasteiger partial charge in [-0.3, -0.25) is 0 Å². The van der Waals surface area contributed by atoms with Gasteiger partial charge in [-0.05, 0) is 32.7 Å². The van der Waals surface area contributed by atoms with Crippen LogP contribution in [0.15, 0.2) is 84.9 Å². The van der Waals surface area contributed by atoms with E-state index in [2.05, 4.69) is 84.9 Å². The first-order valence-corrected chi connectivity index (χ1v) is 6.89. The van der Waals surface area contributed by atoms with Crippen molar-refractivity contribution in [1.29, 1.82) is 0 Å². The van der Waals surface area contributed by atoms with Crippen LogP contribution in [0.5, 0.6) is 0 Å². The second-order valence-electron chi connectivity index (χ2n) is 5.05. The fraction of sp³-hybridized carbons (Fsp3) is 0. The van der Waals surface area contributed by atoms with Crippen molar-refractivity contribution >= 4 is 57.8 Å². The molecule has 0 amide bonds. The Morgan fingerprint density at radius 1 is 0.455 bits per heavy atom. The van der Waals surface area contributed by atoms with Crippen molar-refractivity contribution in [2.24, 2.45) is 0 Å². The summed E-state index contributed by atoms with van der Waals surface area (Å²) in [5.74, 6) is 0. The molecule has 0 radical (unpaired) electrons. The SMILES string of the molecule is [Al+3].[H-].[H-].[H-].[LiH].c1ccc2c(-c3cccc4ccccc34)cccc2c1. The molecule has 4 aromatic carbocycles. The monoisotopic (exact) mass is 292 g/mol. The van der Waals surface area contributed by atoms with Gasteiger partial charge in [0.2, 0.25) is 0 Å². The summed E-state index contributed by atoms with van der Waals surface area (Å²) in [5.41, 5.74) is 2.61. The van der Waals surface area contributed by atoms with Gasteiger partial charge in [0, 0.05) is 0 Å². The van der Waals surface area contributed by atoms with Gasteiger partial charge >= 0.3 is 36.2 Å². The molecule has 2 heteroatoms. The molecule has 0 saturated carbocycles. The predicted molar refractivity (Wildman–Crippen MR) is 103 cm³/mol. The molecule has 102 valence electrons. The maximum Gasteiger partial charge on any atom is -0.00992 e. The Morgan fingerprint density at radius 3 is 1.27 bits per heavy atom. The van der Waals surface area contributed by atoms with Gasteiger partial charge in [0.05, 0.1) is 0 Å². The van der Waals surface area contributed by atoms with E-state index in [0.717, 1.165) is 0 Å². The number of fused-ring (bicyclic) bond motifs is 2. The summed E-state index contributed by atoms with van der Waals surface area (Å²) in [5, 5.41) is 5.20. The van der Waals surface area contributed by atoms with E-state index in [1.807, 2.05) is 0 Å². The van der Waals surface area contributed by atoms with Gasteiger partial charge in [0.25, 0.3) is 0 Å². The van der Waals surface area contributed by atoms with Crippen molar-refractivity contribution in [1.82, 2.24) is 0 Å². The van der Waals surface area contributed by atoms with Crippen LogP contribution in [0.2, 0.25) is 0 Å². The molecule has 0 heterocycles. The molecule has 0 fully saturated rings. The van der Waals surface area contributed by atoms with Crippen molar-refractivity contribution in [3.8, 4) is 11.1 Å². The summed E-state index contributed by atoms with van der Waals surface area (Å²) < 4.78 is 0. The summed E-state index contributed by atoms with van der Waals surface area (Å²) in [6, 6.07) is 30.2. The van der Waals surface area contributed by atoms with Gasteiger partial charge in [-0.1, -0.05) is 84.9 Å². The summed E-state index contributed by atoms with van der Waals surface area (Å²) in [4.78, 5) is 0. The van der Waals surface area contributed by atoms with Crippen molar-refractivity contribution in [3.63, 3.8) is 0 Å². The number of hydrogen-bond acceptors (Lipinski definition) is 0. The molecule has 4 aromatic rings. The van der Waals surface area contributed by atoms with Gasteiger partial charge in [0.1, 0.15) is 0 Å². The molecule has 4 rings (SSSR count). The Bertz CT molecular complexity index is 841. The Morgan fingerprint density at radius 2 is 0.818 bits per heavy atom. The van der Waals surface area contributed by atoms with Gasteiger partial charge in [-0.25, -0.2) is 0 Å². The minimum absolute atomic E-state index is 0. The quantitative estimate of drug-likeness (QED) is 0.435. The zero-order valence-corrected chi connectivity index (χ0v) is 12.8. The molecule has 0 aromatic heterocycles. The number of rotatable bonds is 1. The van der Waals surface area contributed by atoms with E-state index in [9.17, 15) is 0 Å². The molecule has 0 saturated heterocycles. The summed E-state index contributed by atoms with van der Waals surface area (Å²) in [6.07, 6.45) is 0. The van der Waals surface area contributed by atoms with E-state index in [1.165, 1.54) is 32.7 Å². The fourth-order valence-electron chi connectivity index (χ4n) is 2.92. The predicted octanol–water partition coefficient (Wildman–Crippen LogP) is 4.97. The Balaban J connectivity index is 0. The van der Waals surface area contributed by atoms with Crippen LogP contribution >= 0.6 is 0 Å². The van der Waals surface area contributed by atoms with Crippen LogP contribution in [0.4, 0.5) is 0 Å². The molecule has 0 aliphatic rings. The first-order chi connectivity index (χ1) is 9.93. The number of hydrogen-bond donors (Lipinski definition) is 0. The van der Waals surface area contributed by atoms with Crippen molar-refractivity contribution < 1.29 is 4.28 Å². The second kappa shape index (κ2) is 7.19. The third kappa shape index (κ3) is 2.87. The Hall–Kier alpha value is -1.47. The van der Waals surface area contributed by atoms with Crippen molar-refractivity contribution in [2.75, 3.05) is 0 Å². The molecule has 0 atom stereocenters. The van der Waals surface area contributed by atoms with Crippen LogP contribution < -0.4 is 0 Å². The Labute approximate surface area is 157 Å². The van der Waals surface area contributed by atoms with E-state index in [0.29, 0.717) is 0 Å². The van der Waals surface area contributed by atoms with Crippen LogP contribution in [-0.2, 0) is 0 Å². The Kier molecular flexibility index (Phi) is 5.52. The topological polar surface area (TPSA) is 0 Å². The van der Waals surface area contributed by atoms with Crippen LogP contribution in [0.1, 0.15) is 4.28 Å². The first-order valence-electron chi connectivity index (χ1n) is 6.89. The van der Waals surface area contributed by atoms with Crippen LogP contribution in [0, 0.1) is 0 Å². The fourth-order valence-corrected chi connectivity index (χ4v) is 2.92. The molecule has 0 aliphatic carbocycles. The summed E-state index contributed by atoms with van der Waals surface area (Å²) in [6.45, 7) is 0. The van der Waals surface area contributed by atoms with E-state index < -0.39 is 0 Å². The average Bonchev–Trinajstić information content (AvgIpc) is 2.54. The zero-order chi connectivity index (χ0) is 13.4. The minimum Gasteiger partial charge on any atom is -0.0616 e. The summed E-state index contributed by atoms with van der Waals surface area (Å²) in [7, 11) is 0. The van der Waals surface area contributed by atoms with Gasteiger partial charge in [0.15, 0.2) is 0 Å². The molecule has 0 nitrogen and oxygen atoms in total. The van der Waals surface area contributed by atoms with Crippen LogP contribution in [0.25, 0.3) is 32.7 Å². The first kappa shape index (κ1) is 16.9. The largest absolute Gasteiger partial charge is 0.0616 e. The van der Waals surface area contributed by atoms with E-state index in [1.54, 1.807) is 0 Å². The minimum atomic E-state index is 0. The average molecular weight is 292 g/mol.